The Morgan fingerprint density at radius 3 is 2.48 bits per heavy atom. The van der Waals surface area contributed by atoms with Crippen LogP contribution in [0, 0.1) is 5.92 Å². The molecule has 2 heterocycles. The summed E-state index contributed by atoms with van der Waals surface area (Å²) in [7, 11) is 0. The zero-order valence-electron chi connectivity index (χ0n) is 17.7. The first-order valence-electron chi connectivity index (χ1n) is 10.4. The number of esters is 1. The van der Waals surface area contributed by atoms with Gasteiger partial charge in [0.2, 0.25) is 5.91 Å². The molecule has 2 atom stereocenters. The molecular weight excluding hydrogens is 416 g/mol. The molecule has 2 aliphatic rings. The van der Waals surface area contributed by atoms with Crippen molar-refractivity contribution in [3.8, 4) is 0 Å². The number of anilines is 1. The van der Waals surface area contributed by atoms with Gasteiger partial charge in [0.05, 0.1) is 23.3 Å². The summed E-state index contributed by atoms with van der Waals surface area (Å²) in [5.74, 6) is -1.46. The van der Waals surface area contributed by atoms with Gasteiger partial charge in [-0.1, -0.05) is 19.1 Å². The number of nitrogens with zero attached hydrogens (tertiary/aromatic N) is 1. The Labute approximate surface area is 184 Å². The highest BCUT2D eigenvalue weighted by atomic mass is 32.1. The summed E-state index contributed by atoms with van der Waals surface area (Å²) in [6.45, 7) is 5.64. The maximum atomic E-state index is 13.0. The maximum absolute atomic E-state index is 13.0. The van der Waals surface area contributed by atoms with E-state index in [2.05, 4.69) is 12.2 Å². The van der Waals surface area contributed by atoms with Gasteiger partial charge in [0.15, 0.2) is 0 Å². The first-order valence-corrected chi connectivity index (χ1v) is 11.2. The minimum absolute atomic E-state index is 0.235. The molecule has 0 unspecified atom stereocenters. The number of imide groups is 1. The Balaban J connectivity index is 1.61. The van der Waals surface area contributed by atoms with Crippen LogP contribution in [0.15, 0.2) is 24.3 Å². The highest BCUT2D eigenvalue weighted by molar-refractivity contribution is 7.17. The van der Waals surface area contributed by atoms with Gasteiger partial charge < -0.3 is 10.1 Å². The average Bonchev–Trinajstić information content (AvgIpc) is 3.22. The summed E-state index contributed by atoms with van der Waals surface area (Å²) in [6.07, 6.45) is 2.57. The largest absolute Gasteiger partial charge is 0.462 e. The molecule has 4 rings (SSSR count). The zero-order valence-corrected chi connectivity index (χ0v) is 18.5. The minimum atomic E-state index is -1.03. The standard InChI is InChI=1S/C23H24N2O5S/c1-4-30-23(29)18-16-10-9-12(2)11-17(16)31-20(18)24-19(26)13(3)25-21(27)14-7-5-6-8-15(14)22(25)28/h5-8,12-13H,4,9-11H2,1-3H3,(H,24,26)/t12-,13+/m1/s1. The van der Waals surface area contributed by atoms with E-state index in [9.17, 15) is 19.2 Å². The number of hydrogen-bond donors (Lipinski definition) is 1. The van der Waals surface area contributed by atoms with E-state index in [1.165, 1.54) is 18.3 Å². The molecule has 1 N–H and O–H groups in total. The van der Waals surface area contributed by atoms with Gasteiger partial charge in [-0.05, 0) is 56.7 Å². The molecule has 0 saturated heterocycles. The summed E-state index contributed by atoms with van der Waals surface area (Å²) < 4.78 is 5.24. The Hall–Kier alpha value is -3.00. The van der Waals surface area contributed by atoms with E-state index in [-0.39, 0.29) is 6.61 Å². The van der Waals surface area contributed by atoms with Gasteiger partial charge in [0.1, 0.15) is 11.0 Å². The molecule has 0 saturated carbocycles. The lowest BCUT2D eigenvalue weighted by Crippen LogP contribution is -2.45. The molecule has 2 aromatic rings. The number of thiophene rings is 1. The van der Waals surface area contributed by atoms with Gasteiger partial charge in [-0.15, -0.1) is 11.3 Å². The van der Waals surface area contributed by atoms with Crippen molar-refractivity contribution in [1.82, 2.24) is 4.90 Å². The van der Waals surface area contributed by atoms with Crippen LogP contribution in [-0.4, -0.2) is 41.2 Å². The third-order valence-electron chi connectivity index (χ3n) is 5.82. The molecule has 0 fully saturated rings. The van der Waals surface area contributed by atoms with E-state index in [4.69, 9.17) is 4.74 Å². The molecule has 1 aromatic carbocycles. The molecule has 31 heavy (non-hydrogen) atoms. The predicted molar refractivity (Wildman–Crippen MR) is 116 cm³/mol. The van der Waals surface area contributed by atoms with Gasteiger partial charge in [-0.2, -0.15) is 0 Å². The highest BCUT2D eigenvalue weighted by Crippen LogP contribution is 2.40. The van der Waals surface area contributed by atoms with E-state index in [0.29, 0.717) is 27.6 Å². The Bertz CT molecular complexity index is 1050. The molecule has 7 nitrogen and oxygen atoms in total. The SMILES string of the molecule is CCOC(=O)c1c(NC(=O)[C@H](C)N2C(=O)c3ccccc3C2=O)sc2c1CC[C@@H](C)C2. The van der Waals surface area contributed by atoms with Crippen molar-refractivity contribution in [3.63, 3.8) is 0 Å². The Kier molecular flexibility index (Phi) is 5.66. The summed E-state index contributed by atoms with van der Waals surface area (Å²) in [6, 6.07) is 5.49. The Morgan fingerprint density at radius 1 is 1.23 bits per heavy atom. The second kappa shape index (κ2) is 8.26. The van der Waals surface area contributed by atoms with Gasteiger partial charge in [0.25, 0.3) is 11.8 Å². The third kappa shape index (κ3) is 3.65. The number of ether oxygens (including phenoxy) is 1. The number of hydrogen-bond acceptors (Lipinski definition) is 6. The van der Waals surface area contributed by atoms with Crippen molar-refractivity contribution in [3.05, 3.63) is 51.4 Å². The van der Waals surface area contributed by atoms with E-state index in [1.54, 1.807) is 31.2 Å². The molecule has 162 valence electrons. The topological polar surface area (TPSA) is 92.8 Å². The quantitative estimate of drug-likeness (QED) is 0.566. The molecule has 1 aliphatic heterocycles. The van der Waals surface area contributed by atoms with Crippen LogP contribution >= 0.6 is 11.3 Å². The zero-order chi connectivity index (χ0) is 22.3. The maximum Gasteiger partial charge on any atom is 0.341 e. The van der Waals surface area contributed by atoms with E-state index in [1.807, 2.05) is 0 Å². The fourth-order valence-corrected chi connectivity index (χ4v) is 5.55. The molecule has 0 spiro atoms. The van der Waals surface area contributed by atoms with Crippen LogP contribution in [0.5, 0.6) is 0 Å². The smallest absolute Gasteiger partial charge is 0.341 e. The number of nitrogens with one attached hydrogen (secondary N) is 1. The Morgan fingerprint density at radius 2 is 1.87 bits per heavy atom. The van der Waals surface area contributed by atoms with Crippen LogP contribution in [0.4, 0.5) is 5.00 Å². The second-order valence-electron chi connectivity index (χ2n) is 7.97. The number of carbonyl (C=O) groups is 4. The minimum Gasteiger partial charge on any atom is -0.462 e. The van der Waals surface area contributed by atoms with E-state index in [0.717, 1.165) is 34.6 Å². The molecule has 0 radical (unpaired) electrons. The van der Waals surface area contributed by atoms with Crippen molar-refractivity contribution in [2.75, 3.05) is 11.9 Å². The predicted octanol–water partition coefficient (Wildman–Crippen LogP) is 3.67. The van der Waals surface area contributed by atoms with Crippen molar-refractivity contribution in [1.29, 1.82) is 0 Å². The molecule has 3 amide bonds. The number of amides is 3. The number of carbonyl (C=O) groups excluding carboxylic acids is 4. The van der Waals surface area contributed by atoms with Gasteiger partial charge in [-0.25, -0.2) is 4.79 Å². The summed E-state index contributed by atoms with van der Waals surface area (Å²) in [5, 5.41) is 3.22. The summed E-state index contributed by atoms with van der Waals surface area (Å²) >= 11 is 1.38. The summed E-state index contributed by atoms with van der Waals surface area (Å²) in [4.78, 5) is 53.2. The van der Waals surface area contributed by atoms with Crippen LogP contribution in [0.25, 0.3) is 0 Å². The highest BCUT2D eigenvalue weighted by Gasteiger charge is 2.41. The fraction of sp³-hybridized carbons (Fsp3) is 0.391. The third-order valence-corrected chi connectivity index (χ3v) is 6.99. The van der Waals surface area contributed by atoms with Gasteiger partial charge in [-0.3, -0.25) is 19.3 Å². The van der Waals surface area contributed by atoms with Crippen LogP contribution in [-0.2, 0) is 22.4 Å². The van der Waals surface area contributed by atoms with Crippen molar-refractivity contribution in [2.45, 2.75) is 46.1 Å². The first kappa shape index (κ1) is 21.2. The van der Waals surface area contributed by atoms with Crippen LogP contribution in [0.1, 0.15) is 68.7 Å². The van der Waals surface area contributed by atoms with E-state index < -0.39 is 29.7 Å². The monoisotopic (exact) mass is 440 g/mol. The first-order chi connectivity index (χ1) is 14.8. The van der Waals surface area contributed by atoms with Gasteiger partial charge >= 0.3 is 5.97 Å². The fourth-order valence-electron chi connectivity index (χ4n) is 4.15. The lowest BCUT2D eigenvalue weighted by Gasteiger charge is -2.21. The van der Waals surface area contributed by atoms with Crippen molar-refractivity contribution >= 4 is 40.0 Å². The lowest BCUT2D eigenvalue weighted by atomic mass is 9.88. The number of rotatable bonds is 5. The second-order valence-corrected chi connectivity index (χ2v) is 9.07. The average molecular weight is 441 g/mol. The van der Waals surface area contributed by atoms with Gasteiger partial charge in [0, 0.05) is 4.88 Å². The molecule has 1 aliphatic carbocycles. The normalized spacial score (nSPS) is 18.4. The molecule has 0 bridgehead atoms. The summed E-state index contributed by atoms with van der Waals surface area (Å²) in [5.41, 5.74) is 1.92. The molecule has 8 heteroatoms. The van der Waals surface area contributed by atoms with Crippen LogP contribution in [0.3, 0.4) is 0 Å². The number of fused-ring (bicyclic) bond motifs is 2. The van der Waals surface area contributed by atoms with Crippen molar-refractivity contribution < 1.29 is 23.9 Å². The van der Waals surface area contributed by atoms with E-state index >= 15 is 0 Å². The molecular formula is C23H24N2O5S. The van der Waals surface area contributed by atoms with Crippen LogP contribution < -0.4 is 5.32 Å². The van der Waals surface area contributed by atoms with Crippen molar-refractivity contribution in [2.24, 2.45) is 5.92 Å². The molecule has 1 aromatic heterocycles. The number of benzene rings is 1. The lowest BCUT2D eigenvalue weighted by molar-refractivity contribution is -0.119. The van der Waals surface area contributed by atoms with Crippen LogP contribution in [0.2, 0.25) is 0 Å².